The Morgan fingerprint density at radius 3 is 2.12 bits per heavy atom. The fourth-order valence-corrected chi connectivity index (χ4v) is 2.40. The molecule has 130 valence electrons. The van der Waals surface area contributed by atoms with E-state index in [-0.39, 0.29) is 5.91 Å². The number of hydrogen-bond donors (Lipinski definition) is 2. The van der Waals surface area contributed by atoms with Gasteiger partial charge < -0.3 is 15.4 Å². The Kier molecular flexibility index (Phi) is 5.29. The third-order valence-corrected chi connectivity index (χ3v) is 3.56. The number of nitrogens with one attached hydrogen (secondary N) is 2. The summed E-state index contributed by atoms with van der Waals surface area (Å²) < 4.78 is 5.00. The van der Waals surface area contributed by atoms with Gasteiger partial charge in [-0.25, -0.2) is 0 Å². The lowest BCUT2D eigenvalue weighted by atomic mass is 10.2. The van der Waals surface area contributed by atoms with Crippen LogP contribution in [0.15, 0.2) is 78.9 Å². The standard InChI is InChI=1S/C21H18N2O3/c1-15(24)26-20-9-5-6-16(14-20)21(25)23-19-12-10-18(11-13-19)22-17-7-3-2-4-8-17/h2-14,22H,1H3,(H,23,25). The Hall–Kier alpha value is -3.60. The van der Waals surface area contributed by atoms with Crippen molar-refractivity contribution in [1.82, 2.24) is 0 Å². The van der Waals surface area contributed by atoms with E-state index in [9.17, 15) is 9.59 Å². The number of benzene rings is 3. The van der Waals surface area contributed by atoms with Gasteiger partial charge in [0.15, 0.2) is 0 Å². The molecule has 26 heavy (non-hydrogen) atoms. The van der Waals surface area contributed by atoms with Crippen molar-refractivity contribution in [3.8, 4) is 5.75 Å². The molecule has 0 heterocycles. The summed E-state index contributed by atoms with van der Waals surface area (Å²) in [5, 5.41) is 6.10. The fourth-order valence-electron chi connectivity index (χ4n) is 2.40. The number of hydrogen-bond acceptors (Lipinski definition) is 4. The molecule has 5 nitrogen and oxygen atoms in total. The van der Waals surface area contributed by atoms with Crippen LogP contribution in [0.1, 0.15) is 17.3 Å². The van der Waals surface area contributed by atoms with Gasteiger partial charge in [-0.05, 0) is 54.6 Å². The van der Waals surface area contributed by atoms with E-state index in [0.717, 1.165) is 11.4 Å². The third-order valence-electron chi connectivity index (χ3n) is 3.56. The van der Waals surface area contributed by atoms with E-state index >= 15 is 0 Å². The average Bonchev–Trinajstić information content (AvgIpc) is 2.64. The van der Waals surface area contributed by atoms with Crippen LogP contribution >= 0.6 is 0 Å². The molecule has 0 saturated heterocycles. The fraction of sp³-hybridized carbons (Fsp3) is 0.0476. The normalized spacial score (nSPS) is 10.0. The predicted molar refractivity (Wildman–Crippen MR) is 102 cm³/mol. The van der Waals surface area contributed by atoms with E-state index in [2.05, 4.69) is 10.6 Å². The minimum Gasteiger partial charge on any atom is -0.427 e. The largest absolute Gasteiger partial charge is 0.427 e. The van der Waals surface area contributed by atoms with Crippen molar-refractivity contribution in [2.75, 3.05) is 10.6 Å². The molecule has 0 aliphatic carbocycles. The number of para-hydroxylation sites is 1. The van der Waals surface area contributed by atoms with E-state index in [1.807, 2.05) is 54.6 Å². The van der Waals surface area contributed by atoms with E-state index < -0.39 is 5.97 Å². The second-order valence-electron chi connectivity index (χ2n) is 5.64. The third kappa shape index (κ3) is 4.70. The van der Waals surface area contributed by atoms with Gasteiger partial charge in [0.1, 0.15) is 5.75 Å². The van der Waals surface area contributed by atoms with E-state index in [1.165, 1.54) is 13.0 Å². The molecule has 0 bridgehead atoms. The molecule has 0 aliphatic heterocycles. The number of carbonyl (C=O) groups is 2. The summed E-state index contributed by atoms with van der Waals surface area (Å²) in [5.74, 6) is -0.362. The summed E-state index contributed by atoms with van der Waals surface area (Å²) in [6.07, 6.45) is 0. The highest BCUT2D eigenvalue weighted by molar-refractivity contribution is 6.04. The van der Waals surface area contributed by atoms with Gasteiger partial charge in [-0.3, -0.25) is 9.59 Å². The summed E-state index contributed by atoms with van der Waals surface area (Å²) in [6, 6.07) is 23.7. The van der Waals surface area contributed by atoms with Crippen LogP contribution in [-0.4, -0.2) is 11.9 Å². The highest BCUT2D eigenvalue weighted by Crippen LogP contribution is 2.20. The Morgan fingerprint density at radius 1 is 0.769 bits per heavy atom. The lowest BCUT2D eigenvalue weighted by Crippen LogP contribution is -2.12. The summed E-state index contributed by atoms with van der Waals surface area (Å²) >= 11 is 0. The quantitative estimate of drug-likeness (QED) is 0.523. The monoisotopic (exact) mass is 346 g/mol. The molecule has 1 amide bonds. The molecular formula is C21H18N2O3. The maximum atomic E-state index is 12.4. The van der Waals surface area contributed by atoms with Crippen LogP contribution in [0.4, 0.5) is 17.1 Å². The van der Waals surface area contributed by atoms with Crippen LogP contribution in [0.3, 0.4) is 0 Å². The summed E-state index contributed by atoms with van der Waals surface area (Å²) in [7, 11) is 0. The zero-order valence-electron chi connectivity index (χ0n) is 14.2. The van der Waals surface area contributed by atoms with Gasteiger partial charge in [-0.2, -0.15) is 0 Å². The van der Waals surface area contributed by atoms with Crippen molar-refractivity contribution >= 4 is 28.9 Å². The Balaban J connectivity index is 1.65. The highest BCUT2D eigenvalue weighted by atomic mass is 16.5. The lowest BCUT2D eigenvalue weighted by molar-refractivity contribution is -0.131. The molecule has 0 atom stereocenters. The van der Waals surface area contributed by atoms with Crippen LogP contribution in [0.25, 0.3) is 0 Å². The second-order valence-corrected chi connectivity index (χ2v) is 5.64. The molecule has 3 rings (SSSR count). The lowest BCUT2D eigenvalue weighted by Gasteiger charge is -2.09. The summed E-state index contributed by atoms with van der Waals surface area (Å²) in [6.45, 7) is 1.32. The second kappa shape index (κ2) is 7.98. The van der Waals surface area contributed by atoms with Crippen molar-refractivity contribution in [2.24, 2.45) is 0 Å². The van der Waals surface area contributed by atoms with Crippen molar-refractivity contribution in [3.63, 3.8) is 0 Å². The Bertz CT molecular complexity index is 906. The first-order chi connectivity index (χ1) is 12.6. The molecule has 0 fully saturated rings. The van der Waals surface area contributed by atoms with Crippen LogP contribution in [-0.2, 0) is 4.79 Å². The maximum Gasteiger partial charge on any atom is 0.308 e. The SMILES string of the molecule is CC(=O)Oc1cccc(C(=O)Nc2ccc(Nc3ccccc3)cc2)c1. The number of ether oxygens (including phenoxy) is 1. The van der Waals surface area contributed by atoms with Gasteiger partial charge in [-0.15, -0.1) is 0 Å². The van der Waals surface area contributed by atoms with E-state index in [1.54, 1.807) is 18.2 Å². The van der Waals surface area contributed by atoms with Gasteiger partial charge in [0, 0.05) is 29.5 Å². The smallest absolute Gasteiger partial charge is 0.308 e. The zero-order valence-corrected chi connectivity index (χ0v) is 14.2. The Morgan fingerprint density at radius 2 is 1.42 bits per heavy atom. The number of anilines is 3. The van der Waals surface area contributed by atoms with Crippen LogP contribution in [0.2, 0.25) is 0 Å². The summed E-state index contributed by atoms with van der Waals surface area (Å²) in [5.41, 5.74) is 3.00. The van der Waals surface area contributed by atoms with E-state index in [4.69, 9.17) is 4.74 Å². The van der Waals surface area contributed by atoms with Crippen LogP contribution < -0.4 is 15.4 Å². The highest BCUT2D eigenvalue weighted by Gasteiger charge is 2.08. The first-order valence-electron chi connectivity index (χ1n) is 8.12. The van der Waals surface area contributed by atoms with Gasteiger partial charge in [0.05, 0.1) is 0 Å². The topological polar surface area (TPSA) is 67.4 Å². The van der Waals surface area contributed by atoms with Gasteiger partial charge in [0.2, 0.25) is 0 Å². The minimum absolute atomic E-state index is 0.275. The number of carbonyl (C=O) groups excluding carboxylic acids is 2. The Labute approximate surface area is 151 Å². The van der Waals surface area contributed by atoms with E-state index in [0.29, 0.717) is 17.0 Å². The molecular weight excluding hydrogens is 328 g/mol. The molecule has 0 aliphatic rings. The number of amides is 1. The van der Waals surface area contributed by atoms with Crippen molar-refractivity contribution < 1.29 is 14.3 Å². The van der Waals surface area contributed by atoms with Crippen LogP contribution in [0, 0.1) is 0 Å². The van der Waals surface area contributed by atoms with Crippen molar-refractivity contribution in [3.05, 3.63) is 84.4 Å². The van der Waals surface area contributed by atoms with Crippen LogP contribution in [0.5, 0.6) is 5.75 Å². The molecule has 0 spiro atoms. The summed E-state index contributed by atoms with van der Waals surface area (Å²) in [4.78, 5) is 23.4. The number of esters is 1. The molecule has 0 saturated carbocycles. The molecule has 0 radical (unpaired) electrons. The maximum absolute atomic E-state index is 12.4. The van der Waals surface area contributed by atoms with Crippen molar-refractivity contribution in [1.29, 1.82) is 0 Å². The molecule has 3 aromatic carbocycles. The average molecular weight is 346 g/mol. The minimum atomic E-state index is -0.427. The van der Waals surface area contributed by atoms with Gasteiger partial charge >= 0.3 is 5.97 Å². The first kappa shape index (κ1) is 17.2. The molecule has 0 aromatic heterocycles. The van der Waals surface area contributed by atoms with Gasteiger partial charge in [0.25, 0.3) is 5.91 Å². The molecule has 3 aromatic rings. The predicted octanol–water partition coefficient (Wildman–Crippen LogP) is 4.61. The molecule has 2 N–H and O–H groups in total. The molecule has 5 heteroatoms. The van der Waals surface area contributed by atoms with Gasteiger partial charge in [-0.1, -0.05) is 24.3 Å². The van der Waals surface area contributed by atoms with Crippen molar-refractivity contribution in [2.45, 2.75) is 6.92 Å². The zero-order chi connectivity index (χ0) is 18.4. The number of rotatable bonds is 5. The molecule has 0 unspecified atom stereocenters. The first-order valence-corrected chi connectivity index (χ1v) is 8.12.